The van der Waals surface area contributed by atoms with Crippen LogP contribution in [0.15, 0.2) is 30.3 Å². The van der Waals surface area contributed by atoms with Gasteiger partial charge in [-0.25, -0.2) is 0 Å². The minimum absolute atomic E-state index is 0.0749. The van der Waals surface area contributed by atoms with Crippen LogP contribution in [-0.4, -0.2) is 56.4 Å². The third kappa shape index (κ3) is 4.06. The van der Waals surface area contributed by atoms with Gasteiger partial charge in [-0.1, -0.05) is 12.1 Å². The van der Waals surface area contributed by atoms with Crippen molar-refractivity contribution in [3.63, 3.8) is 0 Å². The number of nitrogens with one attached hydrogen (secondary N) is 2. The Morgan fingerprint density at radius 3 is 2.73 bits per heavy atom. The molecule has 2 aromatic rings. The quantitative estimate of drug-likeness (QED) is 0.681. The lowest BCUT2D eigenvalue weighted by Gasteiger charge is -2.26. The fraction of sp³-hybridized carbons (Fsp3) is 0.400. The van der Waals surface area contributed by atoms with E-state index in [4.69, 9.17) is 4.74 Å². The number of benzene rings is 2. The first-order chi connectivity index (χ1) is 15.9. The Morgan fingerprint density at radius 1 is 1.09 bits per heavy atom. The topological polar surface area (TPSA) is 91.0 Å². The summed E-state index contributed by atoms with van der Waals surface area (Å²) >= 11 is 0. The Bertz CT molecular complexity index is 1140. The molecule has 8 heteroatoms. The van der Waals surface area contributed by atoms with Crippen molar-refractivity contribution < 1.29 is 19.1 Å². The van der Waals surface area contributed by atoms with E-state index in [1.54, 1.807) is 0 Å². The van der Waals surface area contributed by atoms with Crippen LogP contribution in [0.3, 0.4) is 0 Å². The molecule has 1 atom stereocenters. The Labute approximate surface area is 192 Å². The van der Waals surface area contributed by atoms with Gasteiger partial charge >= 0.3 is 11.8 Å². The smallest absolute Gasteiger partial charge is 0.313 e. The summed E-state index contributed by atoms with van der Waals surface area (Å²) in [4.78, 5) is 41.3. The molecule has 0 radical (unpaired) electrons. The number of carbonyl (C=O) groups excluding carboxylic acids is 3. The Balaban J connectivity index is 1.24. The monoisotopic (exact) mass is 448 g/mol. The van der Waals surface area contributed by atoms with E-state index < -0.39 is 11.8 Å². The Hall–Kier alpha value is -3.39. The molecule has 172 valence electrons. The molecule has 2 aromatic carbocycles. The predicted molar refractivity (Wildman–Crippen MR) is 125 cm³/mol. The number of nitrogens with zero attached hydrogens (tertiary/aromatic N) is 2. The molecule has 0 aliphatic carbocycles. The van der Waals surface area contributed by atoms with Crippen LogP contribution < -0.4 is 20.3 Å². The number of hydrogen-bond donors (Lipinski definition) is 2. The van der Waals surface area contributed by atoms with Gasteiger partial charge in [-0.3, -0.25) is 14.4 Å². The van der Waals surface area contributed by atoms with Crippen molar-refractivity contribution in [3.05, 3.63) is 52.6 Å². The van der Waals surface area contributed by atoms with E-state index in [0.29, 0.717) is 25.3 Å². The summed E-state index contributed by atoms with van der Waals surface area (Å²) in [5.74, 6) is -0.380. The first kappa shape index (κ1) is 21.5. The minimum Gasteiger partial charge on any atom is -0.493 e. The van der Waals surface area contributed by atoms with Crippen molar-refractivity contribution in [2.24, 2.45) is 0 Å². The lowest BCUT2D eigenvalue weighted by atomic mass is 9.99. The average Bonchev–Trinajstić information content (AvgIpc) is 3.38. The highest BCUT2D eigenvalue weighted by Gasteiger charge is 2.32. The maximum absolute atomic E-state index is 12.6. The number of likely N-dealkylation sites (N-methyl/N-ethyl adjacent to an activating group) is 1. The highest BCUT2D eigenvalue weighted by molar-refractivity contribution is 6.39. The molecular formula is C25H28N4O4. The zero-order valence-electron chi connectivity index (χ0n) is 18.9. The molecule has 0 saturated heterocycles. The van der Waals surface area contributed by atoms with Gasteiger partial charge in [-0.15, -0.1) is 0 Å². The summed E-state index contributed by atoms with van der Waals surface area (Å²) in [6, 6.07) is 9.69. The van der Waals surface area contributed by atoms with Crippen LogP contribution >= 0.6 is 0 Å². The second-order valence-corrected chi connectivity index (χ2v) is 9.08. The van der Waals surface area contributed by atoms with Crippen molar-refractivity contribution in [2.75, 3.05) is 44.0 Å². The number of anilines is 2. The normalized spacial score (nSPS) is 16.8. The summed E-state index contributed by atoms with van der Waals surface area (Å²) in [5, 5.41) is 5.49. The van der Waals surface area contributed by atoms with Gasteiger partial charge in [-0.2, -0.15) is 0 Å². The highest BCUT2D eigenvalue weighted by Crippen LogP contribution is 2.38. The molecule has 0 fully saturated rings. The number of fused-ring (bicyclic) bond motifs is 1. The fourth-order valence-electron chi connectivity index (χ4n) is 5.02. The Kier molecular flexibility index (Phi) is 5.54. The molecule has 5 rings (SSSR count). The molecule has 0 spiro atoms. The molecule has 3 aliphatic rings. The van der Waals surface area contributed by atoms with E-state index in [2.05, 4.69) is 16.7 Å². The van der Waals surface area contributed by atoms with Crippen molar-refractivity contribution >= 4 is 29.1 Å². The molecule has 3 aliphatic heterocycles. The zero-order chi connectivity index (χ0) is 23.1. The standard InChI is InChI=1S/C25H28N4O4/c1-28(2)20(15-5-6-21-16(10-15)7-9-33-21)14-26-24(31)25(32)27-19-11-17-4-3-8-29-22(30)13-18(12-19)23(17)29/h5-6,10-12,20H,3-4,7-9,13-14H2,1-2H3,(H,26,31)(H,27,32). The van der Waals surface area contributed by atoms with E-state index >= 15 is 0 Å². The van der Waals surface area contributed by atoms with Gasteiger partial charge < -0.3 is 25.2 Å². The summed E-state index contributed by atoms with van der Waals surface area (Å²) in [5.41, 5.74) is 5.75. The largest absolute Gasteiger partial charge is 0.493 e. The van der Waals surface area contributed by atoms with Crippen LogP contribution in [0.5, 0.6) is 5.75 Å². The molecule has 1 unspecified atom stereocenters. The third-order valence-corrected chi connectivity index (χ3v) is 6.65. The second kappa shape index (κ2) is 8.51. The molecule has 0 aromatic heterocycles. The van der Waals surface area contributed by atoms with Crippen LogP contribution in [0.25, 0.3) is 0 Å². The van der Waals surface area contributed by atoms with Crippen molar-refractivity contribution in [3.8, 4) is 5.75 Å². The van der Waals surface area contributed by atoms with E-state index in [1.165, 1.54) is 5.56 Å². The number of ether oxygens (including phenoxy) is 1. The second-order valence-electron chi connectivity index (χ2n) is 9.08. The molecular weight excluding hydrogens is 420 g/mol. The molecule has 3 heterocycles. The number of amides is 3. The zero-order valence-corrected chi connectivity index (χ0v) is 18.9. The van der Waals surface area contributed by atoms with Gasteiger partial charge in [0.1, 0.15) is 5.75 Å². The summed E-state index contributed by atoms with van der Waals surface area (Å²) < 4.78 is 5.58. The number of aryl methyl sites for hydroxylation is 1. The van der Waals surface area contributed by atoms with Crippen LogP contribution in [0.1, 0.15) is 34.7 Å². The van der Waals surface area contributed by atoms with Gasteiger partial charge in [0.2, 0.25) is 5.91 Å². The maximum Gasteiger partial charge on any atom is 0.313 e. The number of rotatable bonds is 5. The summed E-state index contributed by atoms with van der Waals surface area (Å²) in [6.07, 6.45) is 2.98. The summed E-state index contributed by atoms with van der Waals surface area (Å²) in [6.45, 7) is 1.74. The van der Waals surface area contributed by atoms with Crippen molar-refractivity contribution in [1.82, 2.24) is 10.2 Å². The van der Waals surface area contributed by atoms with Gasteiger partial charge in [0.15, 0.2) is 0 Å². The van der Waals surface area contributed by atoms with Crippen molar-refractivity contribution in [1.29, 1.82) is 0 Å². The predicted octanol–water partition coefficient (Wildman–Crippen LogP) is 1.81. The minimum atomic E-state index is -0.709. The lowest BCUT2D eigenvalue weighted by molar-refractivity contribution is -0.136. The van der Waals surface area contributed by atoms with Crippen LogP contribution in [0.2, 0.25) is 0 Å². The van der Waals surface area contributed by atoms with Crippen molar-refractivity contribution in [2.45, 2.75) is 31.7 Å². The lowest BCUT2D eigenvalue weighted by Crippen LogP contribution is -2.40. The third-order valence-electron chi connectivity index (χ3n) is 6.65. The molecule has 8 nitrogen and oxygen atoms in total. The molecule has 0 saturated carbocycles. The SMILES string of the molecule is CN(C)C(CNC(=O)C(=O)Nc1cc2c3c(c1)CC(=O)N3CCC2)c1ccc2c(c1)CCO2. The first-order valence-electron chi connectivity index (χ1n) is 11.4. The molecule has 3 amide bonds. The van der Waals surface area contributed by atoms with Gasteiger partial charge in [-0.05, 0) is 67.4 Å². The Morgan fingerprint density at radius 2 is 1.91 bits per heavy atom. The van der Waals surface area contributed by atoms with E-state index in [9.17, 15) is 14.4 Å². The summed E-state index contributed by atoms with van der Waals surface area (Å²) in [7, 11) is 3.89. The van der Waals surface area contributed by atoms with Gasteiger partial charge in [0.05, 0.1) is 24.8 Å². The van der Waals surface area contributed by atoms with E-state index in [1.807, 2.05) is 48.2 Å². The van der Waals surface area contributed by atoms with Gasteiger partial charge in [0, 0.05) is 25.2 Å². The number of hydrogen-bond acceptors (Lipinski definition) is 5. The fourth-order valence-corrected chi connectivity index (χ4v) is 5.02. The van der Waals surface area contributed by atoms with E-state index in [0.717, 1.165) is 53.9 Å². The van der Waals surface area contributed by atoms with Crippen LogP contribution in [0, 0.1) is 0 Å². The highest BCUT2D eigenvalue weighted by atomic mass is 16.5. The van der Waals surface area contributed by atoms with Crippen LogP contribution in [0.4, 0.5) is 11.4 Å². The van der Waals surface area contributed by atoms with Crippen LogP contribution in [-0.2, 0) is 33.6 Å². The average molecular weight is 449 g/mol. The van der Waals surface area contributed by atoms with Gasteiger partial charge in [0.25, 0.3) is 0 Å². The first-order valence-corrected chi connectivity index (χ1v) is 11.4. The maximum atomic E-state index is 12.6. The van der Waals surface area contributed by atoms with E-state index in [-0.39, 0.29) is 11.9 Å². The molecule has 0 bridgehead atoms. The molecule has 2 N–H and O–H groups in total. The number of carbonyl (C=O) groups is 3. The molecule has 33 heavy (non-hydrogen) atoms.